The molecule has 1 aliphatic rings. The zero-order valence-electron chi connectivity index (χ0n) is 10.3. The maximum absolute atomic E-state index is 5.95. The highest BCUT2D eigenvalue weighted by Gasteiger charge is 2.31. The lowest BCUT2D eigenvalue weighted by atomic mass is 10.2. The highest BCUT2D eigenvalue weighted by molar-refractivity contribution is 5.86. The topological polar surface area (TPSA) is 69.6 Å². The van der Waals surface area contributed by atoms with Crippen LogP contribution in [0.25, 0.3) is 16.6 Å². The fourth-order valence-corrected chi connectivity index (χ4v) is 2.48. The first-order chi connectivity index (χ1) is 9.34. The molecule has 2 N–H and O–H groups in total. The SMILES string of the molecule is Nc1nnn(-c2cccc3cccnc23)c1C1CC1. The van der Waals surface area contributed by atoms with E-state index in [1.807, 2.05) is 35.0 Å². The molecule has 0 saturated heterocycles. The van der Waals surface area contributed by atoms with E-state index in [0.717, 1.165) is 35.1 Å². The summed E-state index contributed by atoms with van der Waals surface area (Å²) in [5.41, 5.74) is 8.85. The van der Waals surface area contributed by atoms with Crippen LogP contribution in [-0.4, -0.2) is 20.0 Å². The second kappa shape index (κ2) is 3.78. The van der Waals surface area contributed by atoms with Crippen molar-refractivity contribution in [3.8, 4) is 5.69 Å². The molecule has 1 saturated carbocycles. The number of benzene rings is 1. The lowest BCUT2D eigenvalue weighted by Gasteiger charge is -2.08. The van der Waals surface area contributed by atoms with Crippen molar-refractivity contribution in [1.82, 2.24) is 20.0 Å². The van der Waals surface area contributed by atoms with Crippen LogP contribution in [0.5, 0.6) is 0 Å². The summed E-state index contributed by atoms with van der Waals surface area (Å²) < 4.78 is 1.85. The number of hydrogen-bond donors (Lipinski definition) is 1. The molecule has 94 valence electrons. The second-order valence-electron chi connectivity index (χ2n) is 4.90. The molecule has 0 radical (unpaired) electrons. The second-order valence-corrected chi connectivity index (χ2v) is 4.90. The van der Waals surface area contributed by atoms with Crippen molar-refractivity contribution in [3.63, 3.8) is 0 Å². The van der Waals surface area contributed by atoms with Gasteiger partial charge in [-0.1, -0.05) is 23.4 Å². The fraction of sp³-hybridized carbons (Fsp3) is 0.214. The van der Waals surface area contributed by atoms with Crippen molar-refractivity contribution in [2.24, 2.45) is 0 Å². The van der Waals surface area contributed by atoms with E-state index >= 15 is 0 Å². The van der Waals surface area contributed by atoms with E-state index in [-0.39, 0.29) is 0 Å². The zero-order valence-corrected chi connectivity index (χ0v) is 10.3. The standard InChI is InChI=1S/C14H13N5/c15-14-13(10-6-7-10)19(18-17-14)11-5-1-3-9-4-2-8-16-12(9)11/h1-5,8,10H,6-7,15H2. The van der Waals surface area contributed by atoms with Gasteiger partial charge in [-0.15, -0.1) is 5.10 Å². The van der Waals surface area contributed by atoms with Gasteiger partial charge in [-0.3, -0.25) is 4.98 Å². The summed E-state index contributed by atoms with van der Waals surface area (Å²) in [6.07, 6.45) is 4.12. The number of nitrogens with zero attached hydrogens (tertiary/aromatic N) is 4. The summed E-state index contributed by atoms with van der Waals surface area (Å²) in [6.45, 7) is 0. The van der Waals surface area contributed by atoms with Gasteiger partial charge in [-0.25, -0.2) is 4.68 Å². The number of nitrogen functional groups attached to an aromatic ring is 1. The van der Waals surface area contributed by atoms with Gasteiger partial charge >= 0.3 is 0 Å². The average molecular weight is 251 g/mol. The van der Waals surface area contributed by atoms with Gasteiger partial charge in [0.1, 0.15) is 0 Å². The maximum Gasteiger partial charge on any atom is 0.169 e. The lowest BCUT2D eigenvalue weighted by molar-refractivity contribution is 0.767. The molecule has 0 amide bonds. The van der Waals surface area contributed by atoms with Crippen LogP contribution in [0.15, 0.2) is 36.5 Å². The molecular formula is C14H13N5. The van der Waals surface area contributed by atoms with Crippen molar-refractivity contribution in [1.29, 1.82) is 0 Å². The first kappa shape index (κ1) is 10.5. The van der Waals surface area contributed by atoms with Gasteiger partial charge in [0.05, 0.1) is 16.9 Å². The Kier molecular flexibility index (Phi) is 2.09. The molecule has 1 aromatic carbocycles. The molecule has 0 atom stereocenters. The monoisotopic (exact) mass is 251 g/mol. The predicted molar refractivity (Wildman–Crippen MR) is 73.0 cm³/mol. The molecule has 3 aromatic rings. The third kappa shape index (κ3) is 1.58. The average Bonchev–Trinajstić information content (AvgIpc) is 3.21. The molecule has 1 aliphatic carbocycles. The number of rotatable bonds is 2. The molecule has 5 nitrogen and oxygen atoms in total. The Balaban J connectivity index is 2.00. The number of nitrogens with two attached hydrogens (primary N) is 1. The minimum absolute atomic E-state index is 0.494. The van der Waals surface area contributed by atoms with Crippen LogP contribution in [0.2, 0.25) is 0 Å². The largest absolute Gasteiger partial charge is 0.381 e. The molecule has 0 spiro atoms. The van der Waals surface area contributed by atoms with Gasteiger partial charge < -0.3 is 5.73 Å². The van der Waals surface area contributed by atoms with Crippen LogP contribution in [0.1, 0.15) is 24.5 Å². The molecule has 2 heterocycles. The number of hydrogen-bond acceptors (Lipinski definition) is 4. The van der Waals surface area contributed by atoms with Gasteiger partial charge in [0.25, 0.3) is 0 Å². The zero-order chi connectivity index (χ0) is 12.8. The van der Waals surface area contributed by atoms with E-state index in [0.29, 0.717) is 11.7 Å². The van der Waals surface area contributed by atoms with Gasteiger partial charge in [-0.05, 0) is 25.0 Å². The number of para-hydroxylation sites is 1. The Morgan fingerprint density at radius 1 is 1.16 bits per heavy atom. The first-order valence-corrected chi connectivity index (χ1v) is 6.40. The summed E-state index contributed by atoms with van der Waals surface area (Å²) in [6, 6.07) is 10.0. The third-order valence-corrected chi connectivity index (χ3v) is 3.54. The van der Waals surface area contributed by atoms with E-state index in [9.17, 15) is 0 Å². The molecular weight excluding hydrogens is 238 g/mol. The Hall–Kier alpha value is -2.43. The molecule has 19 heavy (non-hydrogen) atoms. The highest BCUT2D eigenvalue weighted by Crippen LogP contribution is 2.43. The van der Waals surface area contributed by atoms with Crippen LogP contribution in [0.4, 0.5) is 5.82 Å². The third-order valence-electron chi connectivity index (χ3n) is 3.54. The Morgan fingerprint density at radius 3 is 2.84 bits per heavy atom. The molecule has 1 fully saturated rings. The van der Waals surface area contributed by atoms with Crippen LogP contribution in [-0.2, 0) is 0 Å². The number of fused-ring (bicyclic) bond motifs is 1. The number of aromatic nitrogens is 4. The Labute approximate surface area is 110 Å². The fourth-order valence-electron chi connectivity index (χ4n) is 2.48. The summed E-state index contributed by atoms with van der Waals surface area (Å²) in [4.78, 5) is 4.46. The first-order valence-electron chi connectivity index (χ1n) is 6.40. The summed E-state index contributed by atoms with van der Waals surface area (Å²) >= 11 is 0. The molecule has 0 unspecified atom stereocenters. The van der Waals surface area contributed by atoms with Crippen molar-refractivity contribution < 1.29 is 0 Å². The van der Waals surface area contributed by atoms with Crippen molar-refractivity contribution in [3.05, 3.63) is 42.2 Å². The van der Waals surface area contributed by atoms with E-state index in [1.165, 1.54) is 0 Å². The van der Waals surface area contributed by atoms with E-state index in [4.69, 9.17) is 5.73 Å². The van der Waals surface area contributed by atoms with Gasteiger partial charge in [0.15, 0.2) is 5.82 Å². The maximum atomic E-state index is 5.95. The number of anilines is 1. The summed E-state index contributed by atoms with van der Waals surface area (Å²) in [7, 11) is 0. The van der Waals surface area contributed by atoms with Crippen LogP contribution in [0.3, 0.4) is 0 Å². The van der Waals surface area contributed by atoms with Gasteiger partial charge in [-0.2, -0.15) is 0 Å². The quantitative estimate of drug-likeness (QED) is 0.758. The van der Waals surface area contributed by atoms with Crippen LogP contribution >= 0.6 is 0 Å². The molecule has 0 aliphatic heterocycles. The molecule has 2 aromatic heterocycles. The van der Waals surface area contributed by atoms with Crippen molar-refractivity contribution >= 4 is 16.7 Å². The lowest BCUT2D eigenvalue weighted by Crippen LogP contribution is -2.04. The minimum atomic E-state index is 0.494. The van der Waals surface area contributed by atoms with Crippen molar-refractivity contribution in [2.45, 2.75) is 18.8 Å². The van der Waals surface area contributed by atoms with E-state index < -0.39 is 0 Å². The highest BCUT2D eigenvalue weighted by atomic mass is 15.4. The molecule has 4 rings (SSSR count). The summed E-state index contributed by atoms with van der Waals surface area (Å²) in [5.74, 6) is 1.03. The number of pyridine rings is 1. The van der Waals surface area contributed by atoms with Crippen molar-refractivity contribution in [2.75, 3.05) is 5.73 Å². The smallest absolute Gasteiger partial charge is 0.169 e. The van der Waals surface area contributed by atoms with Gasteiger partial charge in [0.2, 0.25) is 0 Å². The van der Waals surface area contributed by atoms with Crippen LogP contribution in [0, 0.1) is 0 Å². The normalized spacial score (nSPS) is 14.9. The van der Waals surface area contributed by atoms with E-state index in [2.05, 4.69) is 15.3 Å². The van der Waals surface area contributed by atoms with Crippen LogP contribution < -0.4 is 5.73 Å². The Bertz CT molecular complexity index is 752. The summed E-state index contributed by atoms with van der Waals surface area (Å²) in [5, 5.41) is 9.32. The Morgan fingerprint density at radius 2 is 2.00 bits per heavy atom. The minimum Gasteiger partial charge on any atom is -0.381 e. The molecule has 5 heteroatoms. The van der Waals surface area contributed by atoms with Gasteiger partial charge in [0, 0.05) is 17.5 Å². The predicted octanol–water partition coefficient (Wildman–Crippen LogP) is 2.28. The molecule has 0 bridgehead atoms. The van der Waals surface area contributed by atoms with E-state index in [1.54, 1.807) is 6.20 Å².